The van der Waals surface area contributed by atoms with Crippen molar-refractivity contribution in [1.29, 1.82) is 0 Å². The van der Waals surface area contributed by atoms with Crippen molar-refractivity contribution < 1.29 is 9.52 Å². The second kappa shape index (κ2) is 5.58. The lowest BCUT2D eigenvalue weighted by Gasteiger charge is -2.20. The summed E-state index contributed by atoms with van der Waals surface area (Å²) in [5.74, 6) is 1.83. The predicted octanol–water partition coefficient (Wildman–Crippen LogP) is 3.26. The van der Waals surface area contributed by atoms with Crippen molar-refractivity contribution in [3.8, 4) is 0 Å². The van der Waals surface area contributed by atoms with E-state index in [9.17, 15) is 5.11 Å². The maximum absolute atomic E-state index is 9.40. The van der Waals surface area contributed by atoms with Gasteiger partial charge in [-0.3, -0.25) is 4.98 Å². The average Bonchev–Trinajstić information content (AvgIpc) is 2.91. The van der Waals surface area contributed by atoms with Gasteiger partial charge in [-0.1, -0.05) is 18.2 Å². The molecule has 2 aromatic heterocycles. The first-order chi connectivity index (χ1) is 10.2. The molecule has 4 heteroatoms. The standard InChI is InChI=1S/C17H18N2O2/c1-12-7-8-14(21-12)10-19(2)17-9-13(11-20)18-16-6-4-3-5-15(16)17/h3-9,20H,10-11H2,1-2H3. The maximum atomic E-state index is 9.40. The van der Waals surface area contributed by atoms with E-state index >= 15 is 0 Å². The Labute approximate surface area is 123 Å². The van der Waals surface area contributed by atoms with Crippen molar-refractivity contribution in [2.45, 2.75) is 20.1 Å². The summed E-state index contributed by atoms with van der Waals surface area (Å²) in [6.07, 6.45) is 0. The lowest BCUT2D eigenvalue weighted by Crippen LogP contribution is -2.17. The fourth-order valence-electron chi connectivity index (χ4n) is 2.50. The first-order valence-corrected chi connectivity index (χ1v) is 6.93. The Morgan fingerprint density at radius 1 is 1.19 bits per heavy atom. The molecule has 0 radical (unpaired) electrons. The number of fused-ring (bicyclic) bond motifs is 1. The lowest BCUT2D eigenvalue weighted by atomic mass is 10.1. The van der Waals surface area contributed by atoms with Crippen molar-refractivity contribution in [2.24, 2.45) is 0 Å². The van der Waals surface area contributed by atoms with Crippen LogP contribution in [0.25, 0.3) is 10.9 Å². The molecule has 1 N–H and O–H groups in total. The van der Waals surface area contributed by atoms with Crippen LogP contribution < -0.4 is 4.90 Å². The zero-order chi connectivity index (χ0) is 14.8. The Balaban J connectivity index is 2.01. The monoisotopic (exact) mass is 282 g/mol. The molecule has 0 saturated carbocycles. The molecular formula is C17H18N2O2. The highest BCUT2D eigenvalue weighted by Gasteiger charge is 2.11. The lowest BCUT2D eigenvalue weighted by molar-refractivity contribution is 0.277. The van der Waals surface area contributed by atoms with Gasteiger partial charge in [-0.25, -0.2) is 0 Å². The molecule has 0 saturated heterocycles. The molecule has 3 aromatic rings. The molecule has 21 heavy (non-hydrogen) atoms. The van der Waals surface area contributed by atoms with Gasteiger partial charge >= 0.3 is 0 Å². The Hall–Kier alpha value is -2.33. The first kappa shape index (κ1) is 13.6. The topological polar surface area (TPSA) is 49.5 Å². The highest BCUT2D eigenvalue weighted by molar-refractivity contribution is 5.91. The van der Waals surface area contributed by atoms with E-state index in [2.05, 4.69) is 9.88 Å². The van der Waals surface area contributed by atoms with Crippen molar-refractivity contribution in [3.63, 3.8) is 0 Å². The van der Waals surface area contributed by atoms with Crippen LogP contribution in [0.5, 0.6) is 0 Å². The van der Waals surface area contributed by atoms with Gasteiger partial charge in [0.1, 0.15) is 11.5 Å². The fourth-order valence-corrected chi connectivity index (χ4v) is 2.50. The van der Waals surface area contributed by atoms with E-state index in [1.165, 1.54) is 0 Å². The molecule has 108 valence electrons. The fraction of sp³-hybridized carbons (Fsp3) is 0.235. The van der Waals surface area contributed by atoms with Crippen molar-refractivity contribution in [2.75, 3.05) is 11.9 Å². The summed E-state index contributed by atoms with van der Waals surface area (Å²) in [4.78, 5) is 6.56. The summed E-state index contributed by atoms with van der Waals surface area (Å²) >= 11 is 0. The third-order valence-electron chi connectivity index (χ3n) is 3.51. The second-order valence-corrected chi connectivity index (χ2v) is 5.18. The van der Waals surface area contributed by atoms with Gasteiger partial charge in [0.15, 0.2) is 0 Å². The number of aryl methyl sites for hydroxylation is 1. The number of benzene rings is 1. The molecule has 0 aliphatic carbocycles. The summed E-state index contributed by atoms with van der Waals surface area (Å²) in [7, 11) is 2.01. The van der Waals surface area contributed by atoms with E-state index in [0.717, 1.165) is 28.1 Å². The van der Waals surface area contributed by atoms with Crippen LogP contribution in [-0.4, -0.2) is 17.1 Å². The summed E-state index contributed by atoms with van der Waals surface area (Å²) in [6, 6.07) is 13.8. The molecule has 0 fully saturated rings. The SMILES string of the molecule is Cc1ccc(CN(C)c2cc(CO)nc3ccccc23)o1. The van der Waals surface area contributed by atoms with Crippen LogP contribution in [0.15, 0.2) is 46.9 Å². The molecule has 0 spiro atoms. The van der Waals surface area contributed by atoms with Crippen LogP contribution in [0.4, 0.5) is 5.69 Å². The molecule has 0 amide bonds. The summed E-state index contributed by atoms with van der Waals surface area (Å²) in [5.41, 5.74) is 2.60. The number of hydrogen-bond acceptors (Lipinski definition) is 4. The number of nitrogens with zero attached hydrogens (tertiary/aromatic N) is 2. The average molecular weight is 282 g/mol. The number of aromatic nitrogens is 1. The van der Waals surface area contributed by atoms with Gasteiger partial charge in [-0.15, -0.1) is 0 Å². The molecule has 0 bridgehead atoms. The van der Waals surface area contributed by atoms with E-state index < -0.39 is 0 Å². The summed E-state index contributed by atoms with van der Waals surface area (Å²) in [5, 5.41) is 10.5. The third-order valence-corrected chi connectivity index (χ3v) is 3.51. The number of anilines is 1. The van der Waals surface area contributed by atoms with Crippen LogP contribution in [0.1, 0.15) is 17.2 Å². The smallest absolute Gasteiger partial charge is 0.123 e. The number of pyridine rings is 1. The Morgan fingerprint density at radius 2 is 2.00 bits per heavy atom. The molecule has 4 nitrogen and oxygen atoms in total. The van der Waals surface area contributed by atoms with E-state index in [-0.39, 0.29) is 6.61 Å². The van der Waals surface area contributed by atoms with Gasteiger partial charge in [-0.05, 0) is 31.2 Å². The molecule has 2 heterocycles. The second-order valence-electron chi connectivity index (χ2n) is 5.18. The molecule has 1 aromatic carbocycles. The molecule has 0 aliphatic heterocycles. The number of aliphatic hydroxyl groups excluding tert-OH is 1. The normalized spacial score (nSPS) is 11.0. The van der Waals surface area contributed by atoms with Crippen molar-refractivity contribution in [3.05, 3.63) is 59.7 Å². The zero-order valence-electron chi connectivity index (χ0n) is 12.2. The van der Waals surface area contributed by atoms with Gasteiger partial charge in [0.2, 0.25) is 0 Å². The first-order valence-electron chi connectivity index (χ1n) is 6.93. The minimum absolute atomic E-state index is 0.0640. The van der Waals surface area contributed by atoms with Crippen LogP contribution in [-0.2, 0) is 13.2 Å². The van der Waals surface area contributed by atoms with Gasteiger partial charge in [-0.2, -0.15) is 0 Å². The summed E-state index contributed by atoms with van der Waals surface area (Å²) in [6.45, 7) is 2.55. The van der Waals surface area contributed by atoms with Crippen LogP contribution in [0.3, 0.4) is 0 Å². The molecular weight excluding hydrogens is 264 g/mol. The Bertz CT molecular complexity index is 764. The van der Waals surface area contributed by atoms with Gasteiger partial charge < -0.3 is 14.4 Å². The molecule has 0 aliphatic rings. The third kappa shape index (κ3) is 2.76. The minimum atomic E-state index is -0.0640. The maximum Gasteiger partial charge on any atom is 0.123 e. The molecule has 0 atom stereocenters. The van der Waals surface area contributed by atoms with Gasteiger partial charge in [0, 0.05) is 18.1 Å². The number of rotatable bonds is 4. The van der Waals surface area contributed by atoms with Crippen LogP contribution >= 0.6 is 0 Å². The van der Waals surface area contributed by atoms with E-state index in [0.29, 0.717) is 12.2 Å². The van der Waals surface area contributed by atoms with Crippen LogP contribution in [0.2, 0.25) is 0 Å². The van der Waals surface area contributed by atoms with E-state index in [4.69, 9.17) is 4.42 Å². The quantitative estimate of drug-likeness (QED) is 0.798. The number of aliphatic hydroxyl groups is 1. The zero-order valence-corrected chi connectivity index (χ0v) is 12.2. The van der Waals surface area contributed by atoms with Crippen molar-refractivity contribution in [1.82, 2.24) is 4.98 Å². The van der Waals surface area contributed by atoms with E-state index in [1.807, 2.05) is 56.4 Å². The largest absolute Gasteiger partial charge is 0.464 e. The highest BCUT2D eigenvalue weighted by atomic mass is 16.3. The van der Waals surface area contributed by atoms with Gasteiger partial charge in [0.25, 0.3) is 0 Å². The number of hydrogen-bond donors (Lipinski definition) is 1. The summed E-state index contributed by atoms with van der Waals surface area (Å²) < 4.78 is 5.64. The highest BCUT2D eigenvalue weighted by Crippen LogP contribution is 2.27. The number of furan rings is 1. The minimum Gasteiger partial charge on any atom is -0.464 e. The number of para-hydroxylation sites is 1. The van der Waals surface area contributed by atoms with Crippen molar-refractivity contribution >= 4 is 16.6 Å². The molecule has 0 unspecified atom stereocenters. The molecule has 3 rings (SSSR count). The van der Waals surface area contributed by atoms with Gasteiger partial charge in [0.05, 0.1) is 24.4 Å². The van der Waals surface area contributed by atoms with E-state index in [1.54, 1.807) is 0 Å². The Kier molecular flexibility index (Phi) is 3.62. The van der Waals surface area contributed by atoms with Crippen LogP contribution in [0, 0.1) is 6.92 Å². The Morgan fingerprint density at radius 3 is 2.71 bits per heavy atom. The predicted molar refractivity (Wildman–Crippen MR) is 83.2 cm³/mol.